The SMILES string of the molecule is NCc1ccc(C(=O)Nc2cccnn2)cc1. The van der Waals surface area contributed by atoms with E-state index >= 15 is 0 Å². The van der Waals surface area contributed by atoms with Crippen LogP contribution in [0.3, 0.4) is 0 Å². The van der Waals surface area contributed by atoms with E-state index in [9.17, 15) is 4.79 Å². The number of aromatic nitrogens is 2. The molecule has 0 aliphatic carbocycles. The molecule has 5 heteroatoms. The van der Waals surface area contributed by atoms with E-state index in [1.54, 1.807) is 30.5 Å². The molecule has 0 atom stereocenters. The molecule has 1 heterocycles. The first-order valence-electron chi connectivity index (χ1n) is 5.17. The number of carbonyl (C=O) groups is 1. The van der Waals surface area contributed by atoms with Gasteiger partial charge in [0.15, 0.2) is 5.82 Å². The maximum absolute atomic E-state index is 11.8. The molecule has 2 rings (SSSR count). The molecule has 1 aromatic heterocycles. The molecule has 0 spiro atoms. The average Bonchev–Trinajstić information content (AvgIpc) is 2.40. The van der Waals surface area contributed by atoms with Gasteiger partial charge in [0.2, 0.25) is 0 Å². The number of carbonyl (C=O) groups excluding carboxylic acids is 1. The fourth-order valence-electron chi connectivity index (χ4n) is 1.35. The summed E-state index contributed by atoms with van der Waals surface area (Å²) in [7, 11) is 0. The summed E-state index contributed by atoms with van der Waals surface area (Å²) in [6.45, 7) is 0.464. The van der Waals surface area contributed by atoms with Crippen molar-refractivity contribution in [3.63, 3.8) is 0 Å². The molecule has 86 valence electrons. The van der Waals surface area contributed by atoms with E-state index in [1.807, 2.05) is 12.1 Å². The zero-order valence-corrected chi connectivity index (χ0v) is 9.13. The van der Waals surface area contributed by atoms with Crippen LogP contribution >= 0.6 is 0 Å². The van der Waals surface area contributed by atoms with Crippen molar-refractivity contribution in [3.8, 4) is 0 Å². The first-order chi connectivity index (χ1) is 8.29. The monoisotopic (exact) mass is 228 g/mol. The summed E-state index contributed by atoms with van der Waals surface area (Å²) in [5.74, 6) is 0.217. The quantitative estimate of drug-likeness (QED) is 0.826. The third-order valence-corrected chi connectivity index (χ3v) is 2.27. The summed E-state index contributed by atoms with van der Waals surface area (Å²) < 4.78 is 0. The first-order valence-corrected chi connectivity index (χ1v) is 5.17. The van der Waals surface area contributed by atoms with Gasteiger partial charge in [0.05, 0.1) is 0 Å². The van der Waals surface area contributed by atoms with E-state index in [2.05, 4.69) is 15.5 Å². The van der Waals surface area contributed by atoms with Crippen molar-refractivity contribution in [2.24, 2.45) is 5.73 Å². The Balaban J connectivity index is 2.09. The Bertz CT molecular complexity index is 496. The molecule has 0 fully saturated rings. The molecule has 2 aromatic rings. The molecule has 0 saturated carbocycles. The van der Waals surface area contributed by atoms with Gasteiger partial charge in [-0.25, -0.2) is 0 Å². The Morgan fingerprint density at radius 1 is 1.24 bits per heavy atom. The summed E-state index contributed by atoms with van der Waals surface area (Å²) in [6, 6.07) is 10.5. The lowest BCUT2D eigenvalue weighted by atomic mass is 10.1. The van der Waals surface area contributed by atoms with E-state index in [4.69, 9.17) is 5.73 Å². The predicted molar refractivity (Wildman–Crippen MR) is 64.3 cm³/mol. The van der Waals surface area contributed by atoms with Crippen LogP contribution in [-0.4, -0.2) is 16.1 Å². The Morgan fingerprint density at radius 2 is 2.00 bits per heavy atom. The lowest BCUT2D eigenvalue weighted by Gasteiger charge is -2.04. The summed E-state index contributed by atoms with van der Waals surface area (Å²) >= 11 is 0. The Morgan fingerprint density at radius 3 is 2.59 bits per heavy atom. The Labute approximate surface area is 98.7 Å². The van der Waals surface area contributed by atoms with Crippen LogP contribution in [0, 0.1) is 0 Å². The largest absolute Gasteiger partial charge is 0.326 e. The van der Waals surface area contributed by atoms with Crippen LogP contribution in [0.5, 0.6) is 0 Å². The van der Waals surface area contributed by atoms with Crippen molar-refractivity contribution < 1.29 is 4.79 Å². The minimum Gasteiger partial charge on any atom is -0.326 e. The van der Waals surface area contributed by atoms with Crippen LogP contribution in [0.2, 0.25) is 0 Å². The van der Waals surface area contributed by atoms with Gasteiger partial charge in [-0.15, -0.1) is 5.10 Å². The zero-order chi connectivity index (χ0) is 12.1. The van der Waals surface area contributed by atoms with E-state index in [0.29, 0.717) is 17.9 Å². The zero-order valence-electron chi connectivity index (χ0n) is 9.13. The van der Waals surface area contributed by atoms with Gasteiger partial charge < -0.3 is 11.1 Å². The van der Waals surface area contributed by atoms with Crippen LogP contribution in [0.25, 0.3) is 0 Å². The number of amides is 1. The maximum Gasteiger partial charge on any atom is 0.256 e. The number of anilines is 1. The number of benzene rings is 1. The molecule has 1 aromatic carbocycles. The fourth-order valence-corrected chi connectivity index (χ4v) is 1.35. The second-order valence-electron chi connectivity index (χ2n) is 3.46. The van der Waals surface area contributed by atoms with Crippen molar-refractivity contribution in [2.75, 3.05) is 5.32 Å². The average molecular weight is 228 g/mol. The van der Waals surface area contributed by atoms with Crippen LogP contribution in [0.1, 0.15) is 15.9 Å². The molecule has 3 N–H and O–H groups in total. The fraction of sp³-hybridized carbons (Fsp3) is 0.0833. The smallest absolute Gasteiger partial charge is 0.256 e. The van der Waals surface area contributed by atoms with E-state index in [0.717, 1.165) is 5.56 Å². The topological polar surface area (TPSA) is 80.9 Å². The number of nitrogens with zero attached hydrogens (tertiary/aromatic N) is 2. The number of rotatable bonds is 3. The third-order valence-electron chi connectivity index (χ3n) is 2.27. The third kappa shape index (κ3) is 2.85. The normalized spacial score (nSPS) is 9.94. The highest BCUT2D eigenvalue weighted by molar-refractivity contribution is 6.03. The molecule has 1 amide bonds. The minimum atomic E-state index is -0.214. The van der Waals surface area contributed by atoms with E-state index in [1.165, 1.54) is 0 Å². The minimum absolute atomic E-state index is 0.214. The number of hydrogen-bond acceptors (Lipinski definition) is 4. The van der Waals surface area contributed by atoms with Crippen molar-refractivity contribution in [2.45, 2.75) is 6.54 Å². The molecule has 0 radical (unpaired) electrons. The maximum atomic E-state index is 11.8. The summed E-state index contributed by atoms with van der Waals surface area (Å²) in [4.78, 5) is 11.8. The summed E-state index contributed by atoms with van der Waals surface area (Å²) in [5.41, 5.74) is 7.03. The molecule has 5 nitrogen and oxygen atoms in total. The number of hydrogen-bond donors (Lipinski definition) is 2. The molecule has 17 heavy (non-hydrogen) atoms. The Kier molecular flexibility index (Phi) is 3.42. The van der Waals surface area contributed by atoms with Crippen molar-refractivity contribution in [1.29, 1.82) is 0 Å². The van der Waals surface area contributed by atoms with Gasteiger partial charge in [0.1, 0.15) is 0 Å². The second-order valence-corrected chi connectivity index (χ2v) is 3.46. The van der Waals surface area contributed by atoms with Gasteiger partial charge in [0, 0.05) is 18.3 Å². The highest BCUT2D eigenvalue weighted by Gasteiger charge is 2.06. The van der Waals surface area contributed by atoms with Crippen LogP contribution in [-0.2, 0) is 6.54 Å². The predicted octanol–water partition coefficient (Wildman–Crippen LogP) is 1.19. The molecule has 0 bridgehead atoms. The molecule has 0 unspecified atom stereocenters. The van der Waals surface area contributed by atoms with Crippen molar-refractivity contribution in [3.05, 3.63) is 53.7 Å². The van der Waals surface area contributed by atoms with Crippen molar-refractivity contribution in [1.82, 2.24) is 10.2 Å². The second kappa shape index (κ2) is 5.18. The number of nitrogens with one attached hydrogen (secondary N) is 1. The van der Waals surface area contributed by atoms with E-state index < -0.39 is 0 Å². The lowest BCUT2D eigenvalue weighted by molar-refractivity contribution is 0.102. The highest BCUT2D eigenvalue weighted by Crippen LogP contribution is 2.07. The van der Waals surface area contributed by atoms with Gasteiger partial charge in [-0.1, -0.05) is 12.1 Å². The first kappa shape index (κ1) is 11.2. The van der Waals surface area contributed by atoms with Crippen molar-refractivity contribution >= 4 is 11.7 Å². The van der Waals surface area contributed by atoms with Crippen LogP contribution in [0.15, 0.2) is 42.6 Å². The highest BCUT2D eigenvalue weighted by atomic mass is 16.1. The summed E-state index contributed by atoms with van der Waals surface area (Å²) in [6.07, 6.45) is 1.55. The molecule has 0 saturated heterocycles. The number of nitrogens with two attached hydrogens (primary N) is 1. The lowest BCUT2D eigenvalue weighted by Crippen LogP contribution is -2.13. The van der Waals surface area contributed by atoms with Gasteiger partial charge in [0.25, 0.3) is 5.91 Å². The summed E-state index contributed by atoms with van der Waals surface area (Å²) in [5, 5.41) is 10.1. The molecule has 0 aliphatic rings. The molecular weight excluding hydrogens is 216 g/mol. The van der Waals surface area contributed by atoms with Crippen LogP contribution < -0.4 is 11.1 Å². The van der Waals surface area contributed by atoms with Gasteiger partial charge in [-0.05, 0) is 29.8 Å². The van der Waals surface area contributed by atoms with Gasteiger partial charge >= 0.3 is 0 Å². The van der Waals surface area contributed by atoms with E-state index in [-0.39, 0.29) is 5.91 Å². The molecule has 0 aliphatic heterocycles. The van der Waals surface area contributed by atoms with Gasteiger partial charge in [-0.3, -0.25) is 4.79 Å². The standard InChI is InChI=1S/C12H12N4O/c13-8-9-3-5-10(6-4-9)12(17)15-11-2-1-7-14-16-11/h1-7H,8,13H2,(H,15,16,17). The molecular formula is C12H12N4O. The van der Waals surface area contributed by atoms with Gasteiger partial charge in [-0.2, -0.15) is 5.10 Å². The Hall–Kier alpha value is -2.27. The van der Waals surface area contributed by atoms with Crippen LogP contribution in [0.4, 0.5) is 5.82 Å².